The average molecular weight is 737 g/mol. The molecule has 0 spiro atoms. The molecule has 0 radical (unpaired) electrons. The first-order valence-electron chi connectivity index (χ1n) is 15.6. The van der Waals surface area contributed by atoms with E-state index < -0.39 is 51.6 Å². The number of hydrogen-bond donors (Lipinski definition) is 4. The molecule has 1 aliphatic heterocycles. The molecule has 20 heteroatoms. The van der Waals surface area contributed by atoms with Crippen LogP contribution in [0, 0.1) is 0 Å². The molecule has 6 N–H and O–H groups in total. The number of nitrogens with one attached hydrogen (secondary N) is 1. The van der Waals surface area contributed by atoms with Gasteiger partial charge in [0.2, 0.25) is 0 Å². The number of nitrogens with zero attached hydrogens (tertiary/aromatic N) is 5. The zero-order valence-electron chi connectivity index (χ0n) is 27.8. The third kappa shape index (κ3) is 9.33. The number of aromatic nitrogens is 3. The summed E-state index contributed by atoms with van der Waals surface area (Å²) in [6.07, 6.45) is 5.11. The number of β-lactam (4-membered cyclic amide) rings is 1. The molecule has 1 aromatic carbocycles. The summed E-state index contributed by atoms with van der Waals surface area (Å²) in [5.74, 6) is -2.36. The Hall–Kier alpha value is -4.63. The largest absolute Gasteiger partial charge is 0.489 e. The molecular weight excluding hydrogens is 697 g/mol. The number of ether oxygens (including phenoxy) is 2. The monoisotopic (exact) mass is 736 g/mol. The fraction of sp³-hybridized carbons (Fsp3) is 0.467. The molecule has 0 aliphatic carbocycles. The van der Waals surface area contributed by atoms with Crippen molar-refractivity contribution in [2.75, 3.05) is 25.5 Å². The van der Waals surface area contributed by atoms with Crippen LogP contribution in [-0.4, -0.2) is 93.7 Å². The molecule has 0 saturated carbocycles. The molecule has 1 unspecified atom stereocenters. The molecule has 50 heavy (non-hydrogen) atoms. The van der Waals surface area contributed by atoms with Gasteiger partial charge in [-0.1, -0.05) is 24.2 Å². The minimum Gasteiger partial charge on any atom is -0.489 e. The Morgan fingerprint density at radius 2 is 1.92 bits per heavy atom. The van der Waals surface area contributed by atoms with Crippen molar-refractivity contribution in [2.45, 2.75) is 70.7 Å². The van der Waals surface area contributed by atoms with Crippen LogP contribution in [0.15, 0.2) is 47.2 Å². The minimum atomic E-state index is -5.01. The number of hydroxylamine groups is 2. The Morgan fingerprint density at radius 3 is 2.50 bits per heavy atom. The van der Waals surface area contributed by atoms with Crippen molar-refractivity contribution in [3.8, 4) is 16.9 Å². The van der Waals surface area contributed by atoms with Gasteiger partial charge in [-0.3, -0.25) is 18.8 Å². The topological polar surface area (TPSA) is 253 Å². The first-order valence-corrected chi connectivity index (χ1v) is 17.8. The first-order chi connectivity index (χ1) is 23.7. The number of esters is 1. The SMILES string of the molecule is CCOC(=O)[C@H](COc1ccc(-c2cnn(C(CC)CCCN)c2)cc1)O/N=C(\C(=O)N[C@@H]1C(=O)N(OS(=O)(=O)O)C1(C)C)c1csc(N)n1. The molecular formula is C30H40N8O10S2. The third-order valence-electron chi connectivity index (χ3n) is 7.70. The second kappa shape index (κ2) is 16.4. The van der Waals surface area contributed by atoms with Gasteiger partial charge in [-0.15, -0.1) is 15.6 Å². The highest BCUT2D eigenvalue weighted by molar-refractivity contribution is 7.80. The van der Waals surface area contributed by atoms with Crippen LogP contribution in [0.3, 0.4) is 0 Å². The lowest BCUT2D eigenvalue weighted by Crippen LogP contribution is -2.76. The fourth-order valence-corrected chi connectivity index (χ4v) is 5.99. The molecule has 272 valence electrons. The number of carbonyl (C=O) groups excluding carboxylic acids is 3. The summed E-state index contributed by atoms with van der Waals surface area (Å²) < 4.78 is 48.5. The van der Waals surface area contributed by atoms with Gasteiger partial charge in [-0.25, -0.2) is 9.78 Å². The number of thiazole rings is 1. The van der Waals surface area contributed by atoms with Crippen molar-refractivity contribution in [1.29, 1.82) is 0 Å². The summed E-state index contributed by atoms with van der Waals surface area (Å²) >= 11 is 0.993. The molecule has 2 amide bonds. The maximum absolute atomic E-state index is 13.4. The van der Waals surface area contributed by atoms with E-state index in [1.54, 1.807) is 25.3 Å². The van der Waals surface area contributed by atoms with E-state index >= 15 is 0 Å². The average Bonchev–Trinajstić information content (AvgIpc) is 3.74. The van der Waals surface area contributed by atoms with Crippen molar-refractivity contribution in [3.05, 3.63) is 47.7 Å². The van der Waals surface area contributed by atoms with Crippen LogP contribution in [0.2, 0.25) is 0 Å². The van der Waals surface area contributed by atoms with Crippen molar-refractivity contribution in [2.24, 2.45) is 10.9 Å². The molecule has 1 saturated heterocycles. The van der Waals surface area contributed by atoms with Gasteiger partial charge in [0, 0.05) is 17.1 Å². The van der Waals surface area contributed by atoms with Crippen molar-refractivity contribution >= 4 is 50.4 Å². The molecule has 2 aromatic heterocycles. The second-order valence-electron chi connectivity index (χ2n) is 11.6. The number of benzene rings is 1. The predicted octanol–water partition coefficient (Wildman–Crippen LogP) is 1.85. The molecule has 3 aromatic rings. The van der Waals surface area contributed by atoms with E-state index in [1.165, 1.54) is 19.2 Å². The van der Waals surface area contributed by atoms with Crippen LogP contribution in [0.4, 0.5) is 5.13 Å². The second-order valence-corrected chi connectivity index (χ2v) is 13.5. The number of anilines is 1. The van der Waals surface area contributed by atoms with E-state index in [2.05, 4.69) is 31.8 Å². The van der Waals surface area contributed by atoms with Gasteiger partial charge in [0.25, 0.3) is 17.9 Å². The standard InChI is InChI=1S/C30H40N8O10S2/c1-5-20(8-7-13-31)37-15-19(14-33-37)18-9-11-21(12-10-18)46-16-23(28(41)45-6-2)47-36-24(22-17-49-29(32)34-22)26(39)35-25-27(40)38(30(25,3)4)48-50(42,43)44/h9-12,14-15,17,20,23,25H,5-8,13,16,31H2,1-4H3,(H2,32,34)(H,35,39)(H,42,43,44)/b36-24-/t20?,23-,25+/m0/s1. The van der Waals surface area contributed by atoms with Crippen LogP contribution in [0.1, 0.15) is 58.7 Å². The van der Waals surface area contributed by atoms with Gasteiger partial charge < -0.3 is 31.1 Å². The zero-order valence-corrected chi connectivity index (χ0v) is 29.5. The van der Waals surface area contributed by atoms with E-state index in [4.69, 9.17) is 30.3 Å². The van der Waals surface area contributed by atoms with Crippen LogP contribution in [0.25, 0.3) is 11.1 Å². The number of amides is 2. The molecule has 0 bridgehead atoms. The van der Waals surface area contributed by atoms with Gasteiger partial charge in [0.1, 0.15) is 24.1 Å². The van der Waals surface area contributed by atoms with Gasteiger partial charge in [-0.05, 0) is 64.3 Å². The highest BCUT2D eigenvalue weighted by atomic mass is 32.3. The van der Waals surface area contributed by atoms with E-state index in [0.717, 1.165) is 41.7 Å². The Morgan fingerprint density at radius 1 is 1.20 bits per heavy atom. The Labute approximate surface area is 292 Å². The van der Waals surface area contributed by atoms with Gasteiger partial charge in [0.15, 0.2) is 10.8 Å². The molecule has 1 aliphatic rings. The molecule has 4 rings (SSSR count). The lowest BCUT2D eigenvalue weighted by atomic mass is 9.84. The van der Waals surface area contributed by atoms with E-state index in [-0.39, 0.29) is 30.1 Å². The van der Waals surface area contributed by atoms with Gasteiger partial charge in [0.05, 0.1) is 24.4 Å². The highest BCUT2D eigenvalue weighted by Crippen LogP contribution is 2.33. The van der Waals surface area contributed by atoms with Gasteiger partial charge in [-0.2, -0.15) is 18.6 Å². The van der Waals surface area contributed by atoms with E-state index in [9.17, 15) is 22.8 Å². The molecule has 18 nitrogen and oxygen atoms in total. The van der Waals surface area contributed by atoms with Crippen LogP contribution in [-0.2, 0) is 38.6 Å². The molecule has 1 fully saturated rings. The minimum absolute atomic E-state index is 0.0207. The van der Waals surface area contributed by atoms with E-state index in [0.29, 0.717) is 17.4 Å². The number of rotatable bonds is 18. The summed E-state index contributed by atoms with van der Waals surface area (Å²) in [5.41, 5.74) is 11.4. The predicted molar refractivity (Wildman–Crippen MR) is 181 cm³/mol. The van der Waals surface area contributed by atoms with E-state index in [1.807, 2.05) is 23.0 Å². The molecule has 3 heterocycles. The quantitative estimate of drug-likeness (QED) is 0.0478. The van der Waals surface area contributed by atoms with Crippen molar-refractivity contribution in [1.82, 2.24) is 25.1 Å². The van der Waals surface area contributed by atoms with Crippen LogP contribution in [0.5, 0.6) is 5.75 Å². The maximum atomic E-state index is 13.4. The summed E-state index contributed by atoms with van der Waals surface area (Å²) in [6, 6.07) is 6.07. The summed E-state index contributed by atoms with van der Waals surface area (Å²) in [7, 11) is -5.01. The van der Waals surface area contributed by atoms with Crippen molar-refractivity contribution in [3.63, 3.8) is 0 Å². The van der Waals surface area contributed by atoms with Crippen LogP contribution < -0.4 is 21.5 Å². The smallest absolute Gasteiger partial charge is 0.418 e. The number of hydrogen-bond acceptors (Lipinski definition) is 15. The van der Waals surface area contributed by atoms with Crippen LogP contribution >= 0.6 is 11.3 Å². The Bertz CT molecular complexity index is 1790. The normalized spacial score (nSPS) is 17.1. The molecule has 3 atom stereocenters. The first kappa shape index (κ1) is 38.2. The summed E-state index contributed by atoms with van der Waals surface area (Å²) in [6.45, 7) is 6.77. The number of nitrogen functional groups attached to an aromatic ring is 1. The lowest BCUT2D eigenvalue weighted by Gasteiger charge is -2.50. The highest BCUT2D eigenvalue weighted by Gasteiger charge is 2.58. The Balaban J connectivity index is 1.47. The fourth-order valence-electron chi connectivity index (χ4n) is 4.99. The third-order valence-corrected chi connectivity index (χ3v) is 8.71. The number of oxime groups is 1. The number of nitrogens with two attached hydrogens (primary N) is 2. The van der Waals surface area contributed by atoms with Crippen molar-refractivity contribution < 1.29 is 45.9 Å². The maximum Gasteiger partial charge on any atom is 0.418 e. The number of carbonyl (C=O) groups is 3. The Kier molecular flexibility index (Phi) is 12.5. The summed E-state index contributed by atoms with van der Waals surface area (Å²) in [5, 5.41) is 12.7. The summed E-state index contributed by atoms with van der Waals surface area (Å²) in [4.78, 5) is 48.3. The van der Waals surface area contributed by atoms with Gasteiger partial charge >= 0.3 is 16.4 Å². The zero-order chi connectivity index (χ0) is 36.6. The lowest BCUT2D eigenvalue weighted by molar-refractivity contribution is -0.218.